The van der Waals surface area contributed by atoms with Crippen molar-refractivity contribution in [2.24, 2.45) is 0 Å². The van der Waals surface area contributed by atoms with Crippen LogP contribution in [0.2, 0.25) is 0 Å². The summed E-state index contributed by atoms with van der Waals surface area (Å²) in [6.07, 6.45) is 1.47. The van der Waals surface area contributed by atoms with Gasteiger partial charge in [-0.2, -0.15) is 0 Å². The Balaban J connectivity index is 1.84. The lowest BCUT2D eigenvalue weighted by Crippen LogP contribution is -2.33. The number of hydrogen-bond donors (Lipinski definition) is 0. The first-order valence-corrected chi connectivity index (χ1v) is 11.0. The van der Waals surface area contributed by atoms with Gasteiger partial charge in [-0.1, -0.05) is 30.3 Å². The highest BCUT2D eigenvalue weighted by Gasteiger charge is 2.20. The first-order valence-electron chi connectivity index (χ1n) is 11.0. The molecular weight excluding hydrogens is 422 g/mol. The van der Waals surface area contributed by atoms with Crippen LogP contribution in [0, 0.1) is 18.6 Å². The van der Waals surface area contributed by atoms with Crippen LogP contribution in [0.1, 0.15) is 25.0 Å². The third-order valence-corrected chi connectivity index (χ3v) is 5.94. The first kappa shape index (κ1) is 22.5. The Kier molecular flexibility index (Phi) is 6.45. The van der Waals surface area contributed by atoms with E-state index in [-0.39, 0.29) is 0 Å². The zero-order valence-corrected chi connectivity index (χ0v) is 18.9. The lowest BCUT2D eigenvalue weighted by molar-refractivity contribution is 0.157. The molecule has 1 heterocycles. The number of fused-ring (bicyclic) bond motifs is 1. The number of aryl methyl sites for hydroxylation is 1. The predicted octanol–water partition coefficient (Wildman–Crippen LogP) is 6.78. The minimum absolute atomic E-state index is 0.305. The maximum atomic E-state index is 14.1. The molecule has 3 aromatic carbocycles. The molecule has 0 atom stereocenters. The van der Waals surface area contributed by atoms with Crippen LogP contribution in [0.4, 0.5) is 13.6 Å². The van der Waals surface area contributed by atoms with Crippen LogP contribution in [-0.4, -0.2) is 28.6 Å². The maximum Gasteiger partial charge on any atom is 0.415 e. The fraction of sp³-hybridized carbons (Fsp3) is 0.222. The van der Waals surface area contributed by atoms with Gasteiger partial charge in [0.15, 0.2) is 11.6 Å². The van der Waals surface area contributed by atoms with Crippen LogP contribution in [0.5, 0.6) is 5.75 Å². The van der Waals surface area contributed by atoms with E-state index in [4.69, 9.17) is 4.74 Å². The highest BCUT2D eigenvalue weighted by molar-refractivity contribution is 5.99. The van der Waals surface area contributed by atoms with Gasteiger partial charge in [0.1, 0.15) is 5.75 Å². The Morgan fingerprint density at radius 3 is 2.42 bits per heavy atom. The molecule has 0 radical (unpaired) electrons. The van der Waals surface area contributed by atoms with Crippen molar-refractivity contribution in [1.29, 1.82) is 0 Å². The third kappa shape index (κ3) is 4.46. The molecule has 0 aliphatic carbocycles. The number of aromatic nitrogens is 1. The van der Waals surface area contributed by atoms with Gasteiger partial charge in [0.25, 0.3) is 0 Å². The Bertz CT molecular complexity index is 1310. The number of amides is 1. The molecule has 0 bridgehead atoms. The van der Waals surface area contributed by atoms with Crippen LogP contribution >= 0.6 is 0 Å². The number of carbonyl (C=O) groups is 1. The molecule has 1 aromatic heterocycles. The van der Waals surface area contributed by atoms with E-state index in [0.717, 1.165) is 23.0 Å². The molecule has 0 unspecified atom stereocenters. The number of hydrogen-bond acceptors (Lipinski definition) is 2. The van der Waals surface area contributed by atoms with Gasteiger partial charge < -0.3 is 14.2 Å². The van der Waals surface area contributed by atoms with Crippen molar-refractivity contribution in [3.63, 3.8) is 0 Å². The normalized spacial score (nSPS) is 11.1. The quantitative estimate of drug-likeness (QED) is 0.326. The van der Waals surface area contributed by atoms with Gasteiger partial charge >= 0.3 is 6.09 Å². The van der Waals surface area contributed by atoms with Crippen LogP contribution in [0.15, 0.2) is 66.9 Å². The Morgan fingerprint density at radius 2 is 1.73 bits per heavy atom. The van der Waals surface area contributed by atoms with Crippen molar-refractivity contribution in [2.75, 3.05) is 13.1 Å². The second-order valence-corrected chi connectivity index (χ2v) is 7.91. The molecule has 0 saturated heterocycles. The summed E-state index contributed by atoms with van der Waals surface area (Å²) in [5.74, 6) is -1.58. The molecule has 6 heteroatoms. The number of nitrogens with zero attached hydrogens (tertiary/aromatic N) is 2. The smallest absolute Gasteiger partial charge is 0.410 e. The fourth-order valence-corrected chi connectivity index (χ4v) is 4.04. The Labute approximate surface area is 192 Å². The number of benzene rings is 3. The monoisotopic (exact) mass is 448 g/mol. The summed E-state index contributed by atoms with van der Waals surface area (Å²) in [6, 6.07) is 17.4. The highest BCUT2D eigenvalue weighted by Crippen LogP contribution is 2.39. The van der Waals surface area contributed by atoms with E-state index in [1.54, 1.807) is 11.0 Å². The molecule has 4 nitrogen and oxygen atoms in total. The average Bonchev–Trinajstić information content (AvgIpc) is 3.21. The summed E-state index contributed by atoms with van der Waals surface area (Å²) in [7, 11) is 0. The summed E-state index contributed by atoms with van der Waals surface area (Å²) in [5.41, 5.74) is 4.26. The molecule has 0 N–H and O–H groups in total. The van der Waals surface area contributed by atoms with Crippen molar-refractivity contribution in [2.45, 2.75) is 27.3 Å². The van der Waals surface area contributed by atoms with Gasteiger partial charge in [0.05, 0.1) is 0 Å². The minimum atomic E-state index is -0.954. The zero-order chi connectivity index (χ0) is 23.5. The van der Waals surface area contributed by atoms with Gasteiger partial charge in [0, 0.05) is 42.3 Å². The largest absolute Gasteiger partial charge is 0.415 e. The topological polar surface area (TPSA) is 34.5 Å². The summed E-state index contributed by atoms with van der Waals surface area (Å²) in [5, 5.41) is 0.791. The third-order valence-electron chi connectivity index (χ3n) is 5.94. The molecule has 0 aliphatic rings. The molecule has 0 aliphatic heterocycles. The fourth-order valence-electron chi connectivity index (χ4n) is 4.04. The number of carbonyl (C=O) groups excluding carboxylic acids is 1. The van der Waals surface area contributed by atoms with E-state index in [0.29, 0.717) is 36.5 Å². The highest BCUT2D eigenvalue weighted by atomic mass is 19.2. The summed E-state index contributed by atoms with van der Waals surface area (Å²) in [6.45, 7) is 7.48. The van der Waals surface area contributed by atoms with Gasteiger partial charge in [-0.15, -0.1) is 0 Å². The second kappa shape index (κ2) is 9.45. The second-order valence-electron chi connectivity index (χ2n) is 7.91. The van der Waals surface area contributed by atoms with E-state index in [2.05, 4.69) is 23.6 Å². The lowest BCUT2D eigenvalue weighted by atomic mass is 10.00. The van der Waals surface area contributed by atoms with Crippen molar-refractivity contribution in [3.8, 4) is 16.9 Å². The number of halogens is 2. The van der Waals surface area contributed by atoms with Crippen LogP contribution < -0.4 is 4.74 Å². The van der Waals surface area contributed by atoms with E-state index < -0.39 is 17.7 Å². The summed E-state index contributed by atoms with van der Waals surface area (Å²) in [4.78, 5) is 14.2. The van der Waals surface area contributed by atoms with Crippen LogP contribution in [0.25, 0.3) is 22.0 Å². The van der Waals surface area contributed by atoms with Crippen LogP contribution in [0.3, 0.4) is 0 Å². The zero-order valence-electron chi connectivity index (χ0n) is 18.9. The van der Waals surface area contributed by atoms with Gasteiger partial charge in [-0.05, 0) is 67.8 Å². The standard InChI is InChI=1S/C27H26F2N2O2/c1-4-30(5-2)27(32)33-25-13-12-24-21(26(25)19-10-11-22(28)23(29)16-19)14-15-31(24)17-20-9-7-6-8-18(20)3/h6-16H,4-5,17H2,1-3H3. The SMILES string of the molecule is CCN(CC)C(=O)Oc1ccc2c(ccn2Cc2ccccc2C)c1-c1ccc(F)c(F)c1. The van der Waals surface area contributed by atoms with Crippen molar-refractivity contribution in [3.05, 3.63) is 89.6 Å². The van der Waals surface area contributed by atoms with Crippen molar-refractivity contribution in [1.82, 2.24) is 9.47 Å². The molecule has 1 amide bonds. The summed E-state index contributed by atoms with van der Waals surface area (Å²) >= 11 is 0. The van der Waals surface area contributed by atoms with Crippen LogP contribution in [-0.2, 0) is 6.54 Å². The van der Waals surface area contributed by atoms with E-state index in [9.17, 15) is 13.6 Å². The summed E-state index contributed by atoms with van der Waals surface area (Å²) < 4.78 is 35.6. The Morgan fingerprint density at radius 1 is 0.970 bits per heavy atom. The molecule has 170 valence electrons. The van der Waals surface area contributed by atoms with Crippen molar-refractivity contribution >= 4 is 17.0 Å². The molecule has 0 fully saturated rings. The van der Waals surface area contributed by atoms with E-state index in [1.807, 2.05) is 44.3 Å². The number of ether oxygens (including phenoxy) is 1. The Hall–Kier alpha value is -3.67. The van der Waals surface area contributed by atoms with Gasteiger partial charge in [-0.25, -0.2) is 13.6 Å². The van der Waals surface area contributed by atoms with Gasteiger partial charge in [-0.3, -0.25) is 0 Å². The molecule has 33 heavy (non-hydrogen) atoms. The predicted molar refractivity (Wildman–Crippen MR) is 127 cm³/mol. The number of rotatable bonds is 6. The first-order chi connectivity index (χ1) is 15.9. The molecular formula is C27H26F2N2O2. The molecule has 4 rings (SSSR count). The van der Waals surface area contributed by atoms with E-state index in [1.165, 1.54) is 17.2 Å². The van der Waals surface area contributed by atoms with Gasteiger partial charge in [0.2, 0.25) is 0 Å². The van der Waals surface area contributed by atoms with E-state index >= 15 is 0 Å². The van der Waals surface area contributed by atoms with Crippen molar-refractivity contribution < 1.29 is 18.3 Å². The molecule has 0 spiro atoms. The maximum absolute atomic E-state index is 14.1. The lowest BCUT2D eigenvalue weighted by Gasteiger charge is -2.20. The molecule has 0 saturated carbocycles. The average molecular weight is 449 g/mol. The molecule has 4 aromatic rings. The minimum Gasteiger partial charge on any atom is -0.410 e.